The second-order valence-electron chi connectivity index (χ2n) is 4.34. The maximum Gasteiger partial charge on any atom is 0.291 e. The van der Waals surface area contributed by atoms with Crippen LogP contribution in [0.3, 0.4) is 0 Å². The molecule has 0 bridgehead atoms. The third kappa shape index (κ3) is 3.13. The molecule has 2 aromatic rings. The van der Waals surface area contributed by atoms with Gasteiger partial charge in [-0.15, -0.1) is 0 Å². The van der Waals surface area contributed by atoms with Crippen molar-refractivity contribution in [1.82, 2.24) is 10.6 Å². The second kappa shape index (κ2) is 5.56. The molecule has 1 heterocycles. The molecule has 1 amide bonds. The molecule has 0 radical (unpaired) electrons. The number of carbonyl (C=O) groups is 1. The van der Waals surface area contributed by atoms with E-state index < -0.39 is 0 Å². The molecule has 0 spiro atoms. The van der Waals surface area contributed by atoms with Gasteiger partial charge in [0, 0.05) is 12.6 Å². The summed E-state index contributed by atoms with van der Waals surface area (Å²) in [6.45, 7) is 6.40. The Morgan fingerprint density at radius 2 is 2.00 bits per heavy atom. The Kier molecular flexibility index (Phi) is 3.85. The molecule has 0 aliphatic heterocycles. The molecule has 0 atom stereocenters. The lowest BCUT2D eigenvalue weighted by Gasteiger charge is -2.23. The van der Waals surface area contributed by atoms with Gasteiger partial charge in [0.1, 0.15) is 5.76 Å². The number of aryl methyl sites for hydroxylation is 2. The topological polar surface area (TPSA) is 58.4 Å². The maximum absolute atomic E-state index is 12.0. The van der Waals surface area contributed by atoms with Gasteiger partial charge in [-0.25, -0.2) is 0 Å². The highest BCUT2D eigenvalue weighted by atomic mass is 16.5. The number of hydrogen-bond donors (Lipinski definition) is 1. The summed E-state index contributed by atoms with van der Waals surface area (Å²) in [6.07, 6.45) is 0. The quantitative estimate of drug-likeness (QED) is 0.857. The van der Waals surface area contributed by atoms with Gasteiger partial charge in [0.15, 0.2) is 5.69 Å². The van der Waals surface area contributed by atoms with E-state index in [2.05, 4.69) is 10.6 Å². The van der Waals surface area contributed by atoms with Crippen LogP contribution in [-0.4, -0.2) is 17.6 Å². The molecule has 19 heavy (non-hydrogen) atoms. The Morgan fingerprint density at radius 1 is 1.32 bits per heavy atom. The lowest BCUT2D eigenvalue weighted by atomic mass is 10.2. The number of hydrogen-bond acceptors (Lipinski definition) is 4. The van der Waals surface area contributed by atoms with Gasteiger partial charge >= 0.3 is 0 Å². The number of anilines is 1. The minimum Gasteiger partial charge on any atom is -0.361 e. The zero-order valence-corrected chi connectivity index (χ0v) is 11.3. The van der Waals surface area contributed by atoms with Crippen LogP contribution in [0.1, 0.15) is 28.7 Å². The number of benzene rings is 1. The highest BCUT2D eigenvalue weighted by molar-refractivity contribution is 5.93. The van der Waals surface area contributed by atoms with Gasteiger partial charge in [-0.2, -0.15) is 0 Å². The van der Waals surface area contributed by atoms with E-state index in [0.717, 1.165) is 5.69 Å². The fourth-order valence-electron chi connectivity index (χ4n) is 1.70. The summed E-state index contributed by atoms with van der Waals surface area (Å²) in [5, 5.41) is 5.47. The van der Waals surface area contributed by atoms with E-state index in [1.54, 1.807) is 18.0 Å². The standard InChI is InChI=1S/C14H17N3O2/c1-4-17(12-7-5-10(2)6-8-12)15-14(18)13-9-11(3)19-16-13/h5-9H,4H2,1-3H3,(H,15,18). The van der Waals surface area contributed by atoms with Crippen LogP contribution in [0.5, 0.6) is 0 Å². The molecule has 100 valence electrons. The van der Waals surface area contributed by atoms with Crippen molar-refractivity contribution in [3.63, 3.8) is 0 Å². The molecule has 0 saturated heterocycles. The Balaban J connectivity index is 2.11. The van der Waals surface area contributed by atoms with Crippen molar-refractivity contribution in [2.24, 2.45) is 0 Å². The van der Waals surface area contributed by atoms with Crippen LogP contribution in [0.15, 0.2) is 34.9 Å². The van der Waals surface area contributed by atoms with Gasteiger partial charge in [0.2, 0.25) is 0 Å². The molecule has 1 aromatic carbocycles. The van der Waals surface area contributed by atoms with Gasteiger partial charge in [-0.05, 0) is 32.9 Å². The third-order valence-electron chi connectivity index (χ3n) is 2.76. The predicted molar refractivity (Wildman–Crippen MR) is 72.9 cm³/mol. The summed E-state index contributed by atoms with van der Waals surface area (Å²) < 4.78 is 4.89. The van der Waals surface area contributed by atoms with Crippen LogP contribution in [0.4, 0.5) is 5.69 Å². The minimum atomic E-state index is -0.278. The van der Waals surface area contributed by atoms with Crippen LogP contribution in [-0.2, 0) is 0 Å². The summed E-state index contributed by atoms with van der Waals surface area (Å²) in [5.41, 5.74) is 5.20. The van der Waals surface area contributed by atoms with Crippen LogP contribution in [0.25, 0.3) is 0 Å². The van der Waals surface area contributed by atoms with Gasteiger partial charge in [-0.1, -0.05) is 22.9 Å². The monoisotopic (exact) mass is 259 g/mol. The zero-order valence-electron chi connectivity index (χ0n) is 11.3. The van der Waals surface area contributed by atoms with E-state index in [9.17, 15) is 4.79 Å². The van der Waals surface area contributed by atoms with Gasteiger partial charge in [-0.3, -0.25) is 15.2 Å². The van der Waals surface area contributed by atoms with Gasteiger partial charge in [0.05, 0.1) is 5.69 Å². The first kappa shape index (κ1) is 13.1. The fourth-order valence-corrected chi connectivity index (χ4v) is 1.70. The molecule has 0 saturated carbocycles. The van der Waals surface area contributed by atoms with Crippen molar-refractivity contribution in [2.45, 2.75) is 20.8 Å². The van der Waals surface area contributed by atoms with Crippen molar-refractivity contribution in [3.8, 4) is 0 Å². The summed E-state index contributed by atoms with van der Waals surface area (Å²) in [7, 11) is 0. The minimum absolute atomic E-state index is 0.278. The normalized spacial score (nSPS) is 10.3. The Hall–Kier alpha value is -2.30. The van der Waals surface area contributed by atoms with Gasteiger partial charge < -0.3 is 4.52 Å². The first-order valence-electron chi connectivity index (χ1n) is 6.18. The first-order chi connectivity index (χ1) is 9.10. The van der Waals surface area contributed by atoms with E-state index in [4.69, 9.17) is 4.52 Å². The number of aromatic nitrogens is 1. The molecule has 0 aliphatic rings. The molecule has 0 fully saturated rings. The predicted octanol–water partition coefficient (Wildman–Crippen LogP) is 2.46. The number of nitrogens with zero attached hydrogens (tertiary/aromatic N) is 2. The van der Waals surface area contributed by atoms with Crippen LogP contribution in [0.2, 0.25) is 0 Å². The Bertz CT molecular complexity index is 560. The summed E-state index contributed by atoms with van der Waals surface area (Å²) in [6, 6.07) is 9.55. The molecule has 2 rings (SSSR count). The van der Waals surface area contributed by atoms with Crippen molar-refractivity contribution in [2.75, 3.05) is 11.6 Å². The molecule has 1 N–H and O–H groups in total. The molecule has 5 nitrogen and oxygen atoms in total. The first-order valence-corrected chi connectivity index (χ1v) is 6.18. The van der Waals surface area contributed by atoms with Crippen molar-refractivity contribution < 1.29 is 9.32 Å². The van der Waals surface area contributed by atoms with E-state index in [-0.39, 0.29) is 11.6 Å². The smallest absolute Gasteiger partial charge is 0.291 e. The van der Waals surface area contributed by atoms with Gasteiger partial charge in [0.25, 0.3) is 5.91 Å². The molecular formula is C14H17N3O2. The second-order valence-corrected chi connectivity index (χ2v) is 4.34. The Labute approximate surface area is 112 Å². The number of hydrazine groups is 1. The average Bonchev–Trinajstić information content (AvgIpc) is 2.84. The Morgan fingerprint density at radius 3 is 2.53 bits per heavy atom. The van der Waals surface area contributed by atoms with E-state index >= 15 is 0 Å². The van der Waals surface area contributed by atoms with Crippen molar-refractivity contribution >= 4 is 11.6 Å². The van der Waals surface area contributed by atoms with E-state index in [1.807, 2.05) is 38.1 Å². The summed E-state index contributed by atoms with van der Waals surface area (Å²) >= 11 is 0. The number of amides is 1. The lowest BCUT2D eigenvalue weighted by Crippen LogP contribution is -2.42. The molecule has 5 heteroatoms. The van der Waals surface area contributed by atoms with E-state index in [0.29, 0.717) is 12.3 Å². The lowest BCUT2D eigenvalue weighted by molar-refractivity contribution is 0.0940. The molecule has 1 aromatic heterocycles. The number of nitrogens with one attached hydrogen (secondary N) is 1. The van der Waals surface area contributed by atoms with E-state index in [1.165, 1.54) is 5.56 Å². The SMILES string of the molecule is CCN(NC(=O)c1cc(C)on1)c1ccc(C)cc1. The molecular weight excluding hydrogens is 242 g/mol. The van der Waals surface area contributed by atoms with Crippen LogP contribution >= 0.6 is 0 Å². The highest BCUT2D eigenvalue weighted by Crippen LogP contribution is 2.13. The average molecular weight is 259 g/mol. The van der Waals surface area contributed by atoms with Crippen LogP contribution in [0, 0.1) is 13.8 Å². The largest absolute Gasteiger partial charge is 0.361 e. The van der Waals surface area contributed by atoms with Crippen molar-refractivity contribution in [1.29, 1.82) is 0 Å². The highest BCUT2D eigenvalue weighted by Gasteiger charge is 2.14. The summed E-state index contributed by atoms with van der Waals surface area (Å²) in [5.74, 6) is 0.336. The van der Waals surface area contributed by atoms with Crippen molar-refractivity contribution in [3.05, 3.63) is 47.3 Å². The zero-order chi connectivity index (χ0) is 13.8. The summed E-state index contributed by atoms with van der Waals surface area (Å²) in [4.78, 5) is 12.0. The third-order valence-corrected chi connectivity index (χ3v) is 2.76. The maximum atomic E-state index is 12.0. The molecule has 0 aliphatic carbocycles. The number of rotatable bonds is 4. The fraction of sp³-hybridized carbons (Fsp3) is 0.286. The van der Waals surface area contributed by atoms with Crippen LogP contribution < -0.4 is 10.4 Å². The molecule has 0 unspecified atom stereocenters. The number of carbonyl (C=O) groups excluding carboxylic acids is 1.